The molecule has 0 radical (unpaired) electrons. The predicted octanol–water partition coefficient (Wildman–Crippen LogP) is 3.33. The highest BCUT2D eigenvalue weighted by Crippen LogP contribution is 2.39. The molecule has 1 aromatic heterocycles. The van der Waals surface area contributed by atoms with Crippen LogP contribution in [0.2, 0.25) is 0 Å². The fraction of sp³-hybridized carbons (Fsp3) is 0.400. The quantitative estimate of drug-likeness (QED) is 0.887. The molecule has 1 aromatic carbocycles. The highest BCUT2D eigenvalue weighted by atomic mass is 32.1. The van der Waals surface area contributed by atoms with Crippen molar-refractivity contribution in [3.05, 3.63) is 29.3 Å². The Hall–Kier alpha value is -1.59. The average molecular weight is 292 g/mol. The van der Waals surface area contributed by atoms with Crippen molar-refractivity contribution >= 4 is 11.3 Å². The molecule has 20 heavy (non-hydrogen) atoms. The molecule has 2 aromatic rings. The number of thiazole rings is 1. The Morgan fingerprint density at radius 3 is 2.70 bits per heavy atom. The van der Waals surface area contributed by atoms with Gasteiger partial charge in [0, 0.05) is 23.7 Å². The van der Waals surface area contributed by atoms with E-state index in [1.807, 2.05) is 24.4 Å². The molecule has 0 fully saturated rings. The van der Waals surface area contributed by atoms with E-state index < -0.39 is 0 Å². The van der Waals surface area contributed by atoms with Crippen molar-refractivity contribution in [1.82, 2.24) is 10.3 Å². The van der Waals surface area contributed by atoms with Crippen molar-refractivity contribution in [2.75, 3.05) is 14.2 Å². The average Bonchev–Trinajstić information content (AvgIpc) is 2.92. The van der Waals surface area contributed by atoms with E-state index in [-0.39, 0.29) is 0 Å². The molecule has 0 spiro atoms. The zero-order valence-corrected chi connectivity index (χ0v) is 13.1. The molecule has 1 N–H and O–H groups in total. The number of rotatable bonds is 6. The number of nitrogens with one attached hydrogen (secondary N) is 1. The smallest absolute Gasteiger partial charge is 0.170 e. The van der Waals surface area contributed by atoms with Gasteiger partial charge in [-0.3, -0.25) is 0 Å². The van der Waals surface area contributed by atoms with Gasteiger partial charge in [0.25, 0.3) is 0 Å². The number of ether oxygens (including phenoxy) is 2. The van der Waals surface area contributed by atoms with E-state index in [4.69, 9.17) is 9.47 Å². The van der Waals surface area contributed by atoms with Gasteiger partial charge in [-0.25, -0.2) is 4.98 Å². The van der Waals surface area contributed by atoms with Crippen molar-refractivity contribution in [2.45, 2.75) is 26.4 Å². The molecule has 0 saturated heterocycles. The third-order valence-electron chi connectivity index (χ3n) is 2.87. The van der Waals surface area contributed by atoms with E-state index >= 15 is 0 Å². The normalized spacial score (nSPS) is 10.8. The second kappa shape index (κ2) is 6.72. The maximum atomic E-state index is 5.46. The number of benzene rings is 1. The summed E-state index contributed by atoms with van der Waals surface area (Å²) in [5.41, 5.74) is 0.965. The lowest BCUT2D eigenvalue weighted by Crippen LogP contribution is -2.21. The van der Waals surface area contributed by atoms with Crippen molar-refractivity contribution in [2.24, 2.45) is 0 Å². The number of para-hydroxylation sites is 1. The van der Waals surface area contributed by atoms with E-state index in [9.17, 15) is 0 Å². The van der Waals surface area contributed by atoms with E-state index in [2.05, 4.69) is 24.1 Å². The third-order valence-corrected chi connectivity index (χ3v) is 3.90. The highest BCUT2D eigenvalue weighted by molar-refractivity contribution is 7.15. The SMILES string of the molecule is COc1cccc(-c2ncc(CNC(C)C)s2)c1OC. The van der Waals surface area contributed by atoms with Gasteiger partial charge in [0.1, 0.15) is 5.01 Å². The van der Waals surface area contributed by atoms with Gasteiger partial charge < -0.3 is 14.8 Å². The first-order valence-corrected chi connectivity index (χ1v) is 7.36. The van der Waals surface area contributed by atoms with Crippen LogP contribution >= 0.6 is 11.3 Å². The van der Waals surface area contributed by atoms with E-state index in [0.717, 1.165) is 28.6 Å². The van der Waals surface area contributed by atoms with Gasteiger partial charge in [-0.1, -0.05) is 19.9 Å². The van der Waals surface area contributed by atoms with Crippen LogP contribution in [0.1, 0.15) is 18.7 Å². The number of nitrogens with zero attached hydrogens (tertiary/aromatic N) is 1. The van der Waals surface area contributed by atoms with Crippen LogP contribution < -0.4 is 14.8 Å². The van der Waals surface area contributed by atoms with Gasteiger partial charge in [-0.15, -0.1) is 11.3 Å². The number of hydrogen-bond acceptors (Lipinski definition) is 5. The minimum atomic E-state index is 0.465. The fourth-order valence-electron chi connectivity index (χ4n) is 1.87. The number of hydrogen-bond donors (Lipinski definition) is 1. The molecule has 0 atom stereocenters. The summed E-state index contributed by atoms with van der Waals surface area (Å²) in [4.78, 5) is 5.70. The maximum Gasteiger partial charge on any atom is 0.170 e. The lowest BCUT2D eigenvalue weighted by Gasteiger charge is -2.10. The van der Waals surface area contributed by atoms with E-state index in [0.29, 0.717) is 6.04 Å². The molecule has 4 nitrogen and oxygen atoms in total. The first-order chi connectivity index (χ1) is 9.65. The molecule has 0 aliphatic rings. The molecular formula is C15H20N2O2S. The minimum Gasteiger partial charge on any atom is -0.493 e. The largest absolute Gasteiger partial charge is 0.493 e. The monoisotopic (exact) mass is 292 g/mol. The van der Waals surface area contributed by atoms with Crippen molar-refractivity contribution in [3.63, 3.8) is 0 Å². The van der Waals surface area contributed by atoms with Crippen molar-refractivity contribution < 1.29 is 9.47 Å². The first kappa shape index (κ1) is 14.8. The summed E-state index contributed by atoms with van der Waals surface area (Å²) in [5.74, 6) is 1.45. The molecule has 108 valence electrons. The Morgan fingerprint density at radius 2 is 2.05 bits per heavy atom. The molecular weight excluding hydrogens is 272 g/mol. The zero-order chi connectivity index (χ0) is 14.5. The molecule has 0 aliphatic carbocycles. The summed E-state index contributed by atoms with van der Waals surface area (Å²) in [6.45, 7) is 5.10. The molecule has 1 heterocycles. The Morgan fingerprint density at radius 1 is 1.25 bits per heavy atom. The predicted molar refractivity (Wildman–Crippen MR) is 82.6 cm³/mol. The summed E-state index contributed by atoms with van der Waals surface area (Å²) in [6.07, 6.45) is 1.91. The van der Waals surface area contributed by atoms with Gasteiger partial charge in [0.05, 0.1) is 19.8 Å². The summed E-state index contributed by atoms with van der Waals surface area (Å²) in [5, 5.41) is 4.34. The molecule has 5 heteroatoms. The van der Waals surface area contributed by atoms with Crippen LogP contribution in [0.15, 0.2) is 24.4 Å². The number of methoxy groups -OCH3 is 2. The Labute approximate surface area is 123 Å². The van der Waals surface area contributed by atoms with Gasteiger partial charge >= 0.3 is 0 Å². The lowest BCUT2D eigenvalue weighted by molar-refractivity contribution is 0.356. The Kier molecular flexibility index (Phi) is 4.98. The van der Waals surface area contributed by atoms with E-state index in [1.165, 1.54) is 4.88 Å². The molecule has 0 saturated carbocycles. The molecule has 2 rings (SSSR count). The number of aromatic nitrogens is 1. The van der Waals surface area contributed by atoms with Gasteiger partial charge in [-0.05, 0) is 12.1 Å². The van der Waals surface area contributed by atoms with Crippen LogP contribution in [0.25, 0.3) is 10.6 Å². The van der Waals surface area contributed by atoms with Crippen LogP contribution in [0, 0.1) is 0 Å². The van der Waals surface area contributed by atoms with Gasteiger partial charge in [0.2, 0.25) is 0 Å². The summed E-state index contributed by atoms with van der Waals surface area (Å²) >= 11 is 1.67. The maximum absolute atomic E-state index is 5.46. The summed E-state index contributed by atoms with van der Waals surface area (Å²) in [7, 11) is 3.29. The van der Waals surface area contributed by atoms with Crippen LogP contribution in [0.5, 0.6) is 11.5 Å². The molecule has 0 unspecified atom stereocenters. The van der Waals surface area contributed by atoms with Crippen LogP contribution in [-0.4, -0.2) is 25.2 Å². The van der Waals surface area contributed by atoms with Gasteiger partial charge in [0.15, 0.2) is 11.5 Å². The first-order valence-electron chi connectivity index (χ1n) is 6.55. The van der Waals surface area contributed by atoms with E-state index in [1.54, 1.807) is 25.6 Å². The van der Waals surface area contributed by atoms with Crippen molar-refractivity contribution in [1.29, 1.82) is 0 Å². The Bertz CT molecular complexity index is 567. The second-order valence-electron chi connectivity index (χ2n) is 4.71. The van der Waals surface area contributed by atoms with Crippen LogP contribution in [-0.2, 0) is 6.54 Å². The molecule has 0 bridgehead atoms. The summed E-state index contributed by atoms with van der Waals surface area (Å²) in [6, 6.07) is 6.30. The highest BCUT2D eigenvalue weighted by Gasteiger charge is 2.14. The van der Waals surface area contributed by atoms with Gasteiger partial charge in [-0.2, -0.15) is 0 Å². The van der Waals surface area contributed by atoms with Crippen LogP contribution in [0.4, 0.5) is 0 Å². The fourth-order valence-corrected chi connectivity index (χ4v) is 2.76. The second-order valence-corrected chi connectivity index (χ2v) is 5.82. The third kappa shape index (κ3) is 3.29. The standard InChI is InChI=1S/C15H20N2O2S/c1-10(2)16-8-11-9-17-15(20-11)12-6-5-7-13(18-3)14(12)19-4/h5-7,9-10,16H,8H2,1-4H3. The minimum absolute atomic E-state index is 0.465. The topological polar surface area (TPSA) is 43.4 Å². The molecule has 0 amide bonds. The van der Waals surface area contributed by atoms with Crippen LogP contribution in [0.3, 0.4) is 0 Å². The van der Waals surface area contributed by atoms with Crippen molar-refractivity contribution in [3.8, 4) is 22.1 Å². The zero-order valence-electron chi connectivity index (χ0n) is 12.3. The molecule has 0 aliphatic heterocycles. The Balaban J connectivity index is 2.28. The lowest BCUT2D eigenvalue weighted by atomic mass is 10.2. The summed E-state index contributed by atoms with van der Waals surface area (Å²) < 4.78 is 10.8.